The second-order valence-corrected chi connectivity index (χ2v) is 11.7. The van der Waals surface area contributed by atoms with Crippen molar-refractivity contribution in [1.82, 2.24) is 15.2 Å². The highest BCUT2D eigenvalue weighted by molar-refractivity contribution is 7.94. The summed E-state index contributed by atoms with van der Waals surface area (Å²) in [6.07, 6.45) is 3.30. The highest BCUT2D eigenvalue weighted by Gasteiger charge is 2.20. The number of ether oxygens (including phenoxy) is 2. The van der Waals surface area contributed by atoms with Crippen molar-refractivity contribution in [3.05, 3.63) is 108 Å². The lowest BCUT2D eigenvalue weighted by atomic mass is 10.1. The van der Waals surface area contributed by atoms with E-state index in [-0.39, 0.29) is 15.5 Å². The fraction of sp³-hybridized carbons (Fsp3) is 0.0690. The molecule has 0 spiro atoms. The normalized spacial score (nSPS) is 12.8. The molecule has 2 aromatic heterocycles. The molecule has 0 unspecified atom stereocenters. The molecule has 0 atom stereocenters. The third-order valence-corrected chi connectivity index (χ3v) is 8.89. The van der Waals surface area contributed by atoms with Crippen molar-refractivity contribution in [2.45, 2.75) is 4.21 Å². The molecule has 10 nitrogen and oxygen atoms in total. The van der Waals surface area contributed by atoms with Crippen LogP contribution in [0.1, 0.15) is 15.9 Å². The van der Waals surface area contributed by atoms with Crippen LogP contribution in [0.2, 0.25) is 0 Å². The molecule has 1 aliphatic rings. The minimum Gasteiger partial charge on any atom is -0.486 e. The van der Waals surface area contributed by atoms with Crippen LogP contribution in [-0.2, 0) is 10.0 Å². The number of anilines is 1. The van der Waals surface area contributed by atoms with E-state index in [0.717, 1.165) is 22.6 Å². The maximum Gasteiger partial charge on any atom is 0.273 e. The lowest BCUT2D eigenvalue weighted by Gasteiger charge is -2.18. The Morgan fingerprint density at radius 3 is 2.54 bits per heavy atom. The first kappa shape index (κ1) is 26.3. The van der Waals surface area contributed by atoms with Crippen LogP contribution in [0.4, 0.5) is 5.69 Å². The number of thiophene rings is 1. The van der Waals surface area contributed by atoms with Crippen molar-refractivity contribution in [3.8, 4) is 28.4 Å². The molecule has 5 aromatic rings. The van der Waals surface area contributed by atoms with Gasteiger partial charge in [-0.1, -0.05) is 36.4 Å². The molecular formula is C29H23N5O5S2. The summed E-state index contributed by atoms with van der Waals surface area (Å²) in [4.78, 5) is 13.1. The zero-order chi connectivity index (χ0) is 28.2. The standard InChI is InChI=1S/C29H23N5O5S2/c35-29(23-9-4-5-10-24(23)33-41(36,37)27-11-6-16-40-27)31-30-18-21-19-34(22-7-2-1-3-8-22)32-28(21)20-12-13-25-26(17-20)39-15-14-38-25/h1-13,16-19,33H,14-15H2,(H,31,35). The molecule has 2 N–H and O–H groups in total. The van der Waals surface area contributed by atoms with Gasteiger partial charge in [0.1, 0.15) is 23.1 Å². The van der Waals surface area contributed by atoms with Gasteiger partial charge in [0.05, 0.1) is 23.2 Å². The summed E-state index contributed by atoms with van der Waals surface area (Å²) in [5, 5.41) is 10.6. The maximum absolute atomic E-state index is 13.1. The number of fused-ring (bicyclic) bond motifs is 1. The van der Waals surface area contributed by atoms with Crippen molar-refractivity contribution in [1.29, 1.82) is 0 Å². The van der Waals surface area contributed by atoms with Crippen LogP contribution in [0.25, 0.3) is 16.9 Å². The van der Waals surface area contributed by atoms with E-state index in [2.05, 4.69) is 15.2 Å². The molecule has 3 aromatic carbocycles. The van der Waals surface area contributed by atoms with Gasteiger partial charge in [0, 0.05) is 17.3 Å². The van der Waals surface area contributed by atoms with Crippen molar-refractivity contribution < 1.29 is 22.7 Å². The number of carbonyl (C=O) groups is 1. The Balaban J connectivity index is 1.27. The van der Waals surface area contributed by atoms with E-state index in [1.807, 2.05) is 48.5 Å². The van der Waals surface area contributed by atoms with E-state index in [0.29, 0.717) is 36.0 Å². The number of benzene rings is 3. The molecule has 0 bridgehead atoms. The van der Waals surface area contributed by atoms with Crippen LogP contribution < -0.4 is 19.6 Å². The topological polar surface area (TPSA) is 124 Å². The van der Waals surface area contributed by atoms with Gasteiger partial charge in [-0.15, -0.1) is 11.3 Å². The fourth-order valence-electron chi connectivity index (χ4n) is 4.21. The molecule has 6 rings (SSSR count). The smallest absolute Gasteiger partial charge is 0.273 e. The van der Waals surface area contributed by atoms with Crippen molar-refractivity contribution >= 4 is 39.2 Å². The molecule has 1 aliphatic heterocycles. The van der Waals surface area contributed by atoms with E-state index in [1.54, 1.807) is 34.5 Å². The number of hydrogen-bond donors (Lipinski definition) is 2. The number of nitrogens with zero attached hydrogens (tertiary/aromatic N) is 3. The number of nitrogens with one attached hydrogen (secondary N) is 2. The number of sulfonamides is 1. The first-order valence-electron chi connectivity index (χ1n) is 12.5. The number of amides is 1. The Morgan fingerprint density at radius 2 is 1.73 bits per heavy atom. The van der Waals surface area contributed by atoms with Crippen LogP contribution in [-0.4, -0.2) is 43.5 Å². The van der Waals surface area contributed by atoms with E-state index in [1.165, 1.54) is 24.4 Å². The molecule has 0 aliphatic carbocycles. The van der Waals surface area contributed by atoms with E-state index < -0.39 is 15.9 Å². The summed E-state index contributed by atoms with van der Waals surface area (Å²) in [5.74, 6) is 0.709. The Kier molecular flexibility index (Phi) is 7.23. The first-order valence-corrected chi connectivity index (χ1v) is 14.9. The molecule has 41 heavy (non-hydrogen) atoms. The molecule has 12 heteroatoms. The van der Waals surface area contributed by atoms with Crippen molar-refractivity contribution in [2.24, 2.45) is 5.10 Å². The molecule has 0 saturated heterocycles. The van der Waals surface area contributed by atoms with Crippen molar-refractivity contribution in [3.63, 3.8) is 0 Å². The lowest BCUT2D eigenvalue weighted by molar-refractivity contribution is 0.0956. The summed E-state index contributed by atoms with van der Waals surface area (Å²) < 4.78 is 41.2. The van der Waals surface area contributed by atoms with Crippen LogP contribution in [0, 0.1) is 0 Å². The second kappa shape index (κ2) is 11.3. The van der Waals surface area contributed by atoms with Crippen LogP contribution in [0.15, 0.2) is 106 Å². The summed E-state index contributed by atoms with van der Waals surface area (Å²) in [5.41, 5.74) is 5.65. The van der Waals surface area contributed by atoms with E-state index >= 15 is 0 Å². The maximum atomic E-state index is 13.1. The Morgan fingerprint density at radius 1 is 0.951 bits per heavy atom. The van der Waals surface area contributed by atoms with Gasteiger partial charge >= 0.3 is 0 Å². The minimum atomic E-state index is -3.84. The quantitative estimate of drug-likeness (QED) is 0.197. The van der Waals surface area contributed by atoms with Gasteiger partial charge in [-0.05, 0) is 53.9 Å². The molecule has 206 valence electrons. The summed E-state index contributed by atoms with van der Waals surface area (Å²) in [6, 6.07) is 24.7. The van der Waals surface area contributed by atoms with Gasteiger partial charge in [0.2, 0.25) is 0 Å². The minimum absolute atomic E-state index is 0.122. The Labute approximate surface area is 239 Å². The number of para-hydroxylation sites is 2. The first-order chi connectivity index (χ1) is 20.0. The third kappa shape index (κ3) is 5.69. The average molecular weight is 586 g/mol. The average Bonchev–Trinajstić information content (AvgIpc) is 3.69. The predicted octanol–water partition coefficient (Wildman–Crippen LogP) is 4.94. The zero-order valence-electron chi connectivity index (χ0n) is 21.4. The van der Waals surface area contributed by atoms with Crippen LogP contribution >= 0.6 is 11.3 Å². The van der Waals surface area contributed by atoms with Gasteiger partial charge in [0.25, 0.3) is 15.9 Å². The molecular weight excluding hydrogens is 562 g/mol. The molecule has 0 radical (unpaired) electrons. The summed E-state index contributed by atoms with van der Waals surface area (Å²) >= 11 is 1.08. The highest BCUT2D eigenvalue weighted by Crippen LogP contribution is 2.35. The van der Waals surface area contributed by atoms with Crippen molar-refractivity contribution in [2.75, 3.05) is 17.9 Å². The number of rotatable bonds is 8. The van der Waals surface area contributed by atoms with Crippen LogP contribution in [0.5, 0.6) is 11.5 Å². The number of hydrogen-bond acceptors (Lipinski definition) is 8. The molecule has 0 saturated carbocycles. The summed E-state index contributed by atoms with van der Waals surface area (Å²) in [6.45, 7) is 0.950. The number of carbonyl (C=O) groups excluding carboxylic acids is 1. The lowest BCUT2D eigenvalue weighted by Crippen LogP contribution is -2.21. The zero-order valence-corrected chi connectivity index (χ0v) is 23.1. The number of aromatic nitrogens is 2. The molecule has 1 amide bonds. The predicted molar refractivity (Wildman–Crippen MR) is 157 cm³/mol. The Bertz CT molecular complexity index is 1830. The largest absolute Gasteiger partial charge is 0.486 e. The second-order valence-electron chi connectivity index (χ2n) is 8.85. The van der Waals surface area contributed by atoms with Gasteiger partial charge in [-0.25, -0.2) is 18.5 Å². The Hall–Kier alpha value is -4.94. The van der Waals surface area contributed by atoms with E-state index in [9.17, 15) is 13.2 Å². The third-order valence-electron chi connectivity index (χ3n) is 6.12. The monoisotopic (exact) mass is 585 g/mol. The number of hydrazone groups is 1. The van der Waals surface area contributed by atoms with Gasteiger partial charge in [-0.2, -0.15) is 10.2 Å². The molecule has 3 heterocycles. The fourth-order valence-corrected chi connectivity index (χ4v) is 6.28. The van der Waals surface area contributed by atoms with Gasteiger partial charge < -0.3 is 9.47 Å². The van der Waals surface area contributed by atoms with Gasteiger partial charge in [0.15, 0.2) is 11.5 Å². The van der Waals surface area contributed by atoms with E-state index in [4.69, 9.17) is 14.6 Å². The molecule has 0 fully saturated rings. The highest BCUT2D eigenvalue weighted by atomic mass is 32.2. The van der Waals surface area contributed by atoms with Gasteiger partial charge in [-0.3, -0.25) is 9.52 Å². The van der Waals surface area contributed by atoms with Crippen LogP contribution in [0.3, 0.4) is 0 Å². The SMILES string of the molecule is O=C(NN=Cc1cn(-c2ccccc2)nc1-c1ccc2c(c1)OCCO2)c1ccccc1NS(=O)(=O)c1cccs1. The summed E-state index contributed by atoms with van der Waals surface area (Å²) in [7, 11) is -3.84.